The standard InChI is InChI=1S/C19H27N3O4/c1-13(2)20-19(24)21-16-7-5-14(6-8-16)17(23)22-9-3-4-15(12-22)18-25-10-11-26-18/h5-8,13,15,18H,3-4,9-12H2,1-2H3,(H2,20,21,24). The van der Waals surface area contributed by atoms with E-state index in [9.17, 15) is 9.59 Å². The lowest BCUT2D eigenvalue weighted by molar-refractivity contribution is -0.0969. The van der Waals surface area contributed by atoms with Crippen LogP contribution >= 0.6 is 0 Å². The number of piperidine rings is 1. The zero-order valence-electron chi connectivity index (χ0n) is 15.4. The number of hydrogen-bond acceptors (Lipinski definition) is 4. The van der Waals surface area contributed by atoms with Crippen LogP contribution in [0.3, 0.4) is 0 Å². The van der Waals surface area contributed by atoms with E-state index in [1.807, 2.05) is 18.7 Å². The third-order valence-corrected chi connectivity index (χ3v) is 4.59. The monoisotopic (exact) mass is 361 g/mol. The van der Waals surface area contributed by atoms with Gasteiger partial charge in [0.1, 0.15) is 0 Å². The maximum Gasteiger partial charge on any atom is 0.319 e. The van der Waals surface area contributed by atoms with Gasteiger partial charge in [0.25, 0.3) is 5.91 Å². The van der Waals surface area contributed by atoms with Gasteiger partial charge >= 0.3 is 6.03 Å². The molecular weight excluding hydrogens is 334 g/mol. The summed E-state index contributed by atoms with van der Waals surface area (Å²) in [6, 6.07) is 6.80. The van der Waals surface area contributed by atoms with Gasteiger partial charge in [0.15, 0.2) is 6.29 Å². The summed E-state index contributed by atoms with van der Waals surface area (Å²) in [4.78, 5) is 26.4. The fourth-order valence-corrected chi connectivity index (χ4v) is 3.37. The van der Waals surface area contributed by atoms with E-state index in [4.69, 9.17) is 9.47 Å². The Bertz CT molecular complexity index is 626. The molecule has 1 atom stereocenters. The number of carbonyl (C=O) groups excluding carboxylic acids is 2. The van der Waals surface area contributed by atoms with Crippen molar-refractivity contribution in [1.29, 1.82) is 0 Å². The molecule has 2 fully saturated rings. The van der Waals surface area contributed by atoms with E-state index >= 15 is 0 Å². The molecule has 2 N–H and O–H groups in total. The molecule has 0 bridgehead atoms. The van der Waals surface area contributed by atoms with Gasteiger partial charge in [-0.15, -0.1) is 0 Å². The first kappa shape index (κ1) is 18.7. The van der Waals surface area contributed by atoms with Crippen molar-refractivity contribution in [3.63, 3.8) is 0 Å². The van der Waals surface area contributed by atoms with Crippen molar-refractivity contribution in [3.8, 4) is 0 Å². The van der Waals surface area contributed by atoms with Crippen LogP contribution in [0, 0.1) is 5.92 Å². The minimum atomic E-state index is -0.255. The molecule has 0 aromatic heterocycles. The average molecular weight is 361 g/mol. The van der Waals surface area contributed by atoms with Gasteiger partial charge in [-0.2, -0.15) is 0 Å². The van der Waals surface area contributed by atoms with Crippen LogP contribution in [0.1, 0.15) is 37.0 Å². The van der Waals surface area contributed by atoms with Crippen LogP contribution in [-0.2, 0) is 9.47 Å². The molecule has 7 nitrogen and oxygen atoms in total. The Morgan fingerprint density at radius 3 is 2.50 bits per heavy atom. The van der Waals surface area contributed by atoms with E-state index in [1.165, 1.54) is 0 Å². The van der Waals surface area contributed by atoms with Gasteiger partial charge in [-0.1, -0.05) is 0 Å². The molecule has 1 aromatic carbocycles. The van der Waals surface area contributed by atoms with Crippen molar-refractivity contribution < 1.29 is 19.1 Å². The van der Waals surface area contributed by atoms with Gasteiger partial charge in [0, 0.05) is 36.3 Å². The molecule has 26 heavy (non-hydrogen) atoms. The van der Waals surface area contributed by atoms with Gasteiger partial charge in [0.05, 0.1) is 13.2 Å². The van der Waals surface area contributed by atoms with E-state index in [2.05, 4.69) is 10.6 Å². The van der Waals surface area contributed by atoms with Crippen LogP contribution in [0.15, 0.2) is 24.3 Å². The fraction of sp³-hybridized carbons (Fsp3) is 0.579. The molecule has 1 aromatic rings. The molecule has 142 valence electrons. The van der Waals surface area contributed by atoms with Gasteiger partial charge < -0.3 is 25.0 Å². The number of nitrogens with zero attached hydrogens (tertiary/aromatic N) is 1. The first-order chi connectivity index (χ1) is 12.5. The molecule has 2 saturated heterocycles. The summed E-state index contributed by atoms with van der Waals surface area (Å²) in [6.45, 7) is 6.46. The molecule has 0 saturated carbocycles. The summed E-state index contributed by atoms with van der Waals surface area (Å²) >= 11 is 0. The van der Waals surface area contributed by atoms with Crippen LogP contribution in [0.25, 0.3) is 0 Å². The highest BCUT2D eigenvalue weighted by Crippen LogP contribution is 2.26. The minimum absolute atomic E-state index is 0.00544. The minimum Gasteiger partial charge on any atom is -0.350 e. The Kier molecular flexibility index (Phi) is 6.11. The Hall–Kier alpha value is -2.12. The predicted octanol–water partition coefficient (Wildman–Crippen LogP) is 2.44. The molecule has 7 heteroatoms. The van der Waals surface area contributed by atoms with E-state index in [1.54, 1.807) is 24.3 Å². The van der Waals surface area contributed by atoms with E-state index in [0.717, 1.165) is 19.4 Å². The zero-order chi connectivity index (χ0) is 18.5. The van der Waals surface area contributed by atoms with Gasteiger partial charge in [-0.25, -0.2) is 4.79 Å². The lowest BCUT2D eigenvalue weighted by Gasteiger charge is -2.34. The topological polar surface area (TPSA) is 79.9 Å². The van der Waals surface area contributed by atoms with Crippen LogP contribution in [0.2, 0.25) is 0 Å². The normalized spacial score (nSPS) is 21.0. The smallest absolute Gasteiger partial charge is 0.319 e. The quantitative estimate of drug-likeness (QED) is 0.863. The first-order valence-corrected chi connectivity index (χ1v) is 9.23. The molecule has 2 heterocycles. The second-order valence-electron chi connectivity index (χ2n) is 7.09. The van der Waals surface area contributed by atoms with Gasteiger partial charge in [-0.05, 0) is 51.0 Å². The van der Waals surface area contributed by atoms with Crippen molar-refractivity contribution >= 4 is 17.6 Å². The number of likely N-dealkylation sites (tertiary alicyclic amines) is 1. The summed E-state index contributed by atoms with van der Waals surface area (Å²) in [7, 11) is 0. The number of amides is 3. The molecule has 0 spiro atoms. The molecule has 2 aliphatic rings. The number of hydrogen-bond donors (Lipinski definition) is 2. The second-order valence-corrected chi connectivity index (χ2v) is 7.09. The largest absolute Gasteiger partial charge is 0.350 e. The van der Waals surface area contributed by atoms with Crippen molar-refractivity contribution in [3.05, 3.63) is 29.8 Å². The number of nitrogens with one attached hydrogen (secondary N) is 2. The Labute approximate surface area is 154 Å². The zero-order valence-corrected chi connectivity index (χ0v) is 15.4. The highest BCUT2D eigenvalue weighted by atomic mass is 16.7. The van der Waals surface area contributed by atoms with Crippen LogP contribution in [-0.4, -0.2) is 55.5 Å². The summed E-state index contributed by atoms with van der Waals surface area (Å²) in [5, 5.41) is 5.52. The van der Waals surface area contributed by atoms with Crippen LogP contribution in [0.4, 0.5) is 10.5 Å². The van der Waals surface area contributed by atoms with Crippen LogP contribution in [0.5, 0.6) is 0 Å². The number of anilines is 1. The fourth-order valence-electron chi connectivity index (χ4n) is 3.37. The predicted molar refractivity (Wildman–Crippen MR) is 98.1 cm³/mol. The summed E-state index contributed by atoms with van der Waals surface area (Å²) in [5.41, 5.74) is 1.28. The number of ether oxygens (including phenoxy) is 2. The van der Waals surface area contributed by atoms with Crippen LogP contribution < -0.4 is 10.6 Å². The first-order valence-electron chi connectivity index (χ1n) is 9.23. The van der Waals surface area contributed by atoms with Gasteiger partial charge in [0.2, 0.25) is 0 Å². The van der Waals surface area contributed by atoms with Crippen molar-refractivity contribution in [2.24, 2.45) is 5.92 Å². The van der Waals surface area contributed by atoms with Crippen molar-refractivity contribution in [2.45, 2.75) is 39.0 Å². The van der Waals surface area contributed by atoms with Gasteiger partial charge in [-0.3, -0.25) is 4.79 Å². The maximum atomic E-state index is 12.8. The van der Waals surface area contributed by atoms with Crippen molar-refractivity contribution in [2.75, 3.05) is 31.6 Å². The Morgan fingerprint density at radius 2 is 1.85 bits per heavy atom. The third kappa shape index (κ3) is 4.74. The summed E-state index contributed by atoms with van der Waals surface area (Å²) in [6.07, 6.45) is 1.79. The number of carbonyl (C=O) groups is 2. The third-order valence-electron chi connectivity index (χ3n) is 4.59. The number of urea groups is 1. The average Bonchev–Trinajstić information content (AvgIpc) is 3.16. The molecular formula is C19H27N3O4. The maximum absolute atomic E-state index is 12.8. The molecule has 1 unspecified atom stereocenters. The van der Waals surface area contributed by atoms with E-state index in [-0.39, 0.29) is 30.2 Å². The van der Waals surface area contributed by atoms with Crippen molar-refractivity contribution in [1.82, 2.24) is 10.2 Å². The lowest BCUT2D eigenvalue weighted by Crippen LogP contribution is -2.43. The number of rotatable bonds is 4. The summed E-state index contributed by atoms with van der Waals surface area (Å²) in [5.74, 6) is 0.238. The number of benzene rings is 1. The molecule has 0 aliphatic carbocycles. The lowest BCUT2D eigenvalue weighted by atomic mass is 9.96. The second kappa shape index (κ2) is 8.51. The molecule has 3 amide bonds. The molecule has 0 radical (unpaired) electrons. The molecule has 3 rings (SSSR count). The highest BCUT2D eigenvalue weighted by molar-refractivity contribution is 5.95. The Morgan fingerprint density at radius 1 is 1.15 bits per heavy atom. The molecule has 2 aliphatic heterocycles. The van der Waals surface area contributed by atoms with E-state index in [0.29, 0.717) is 31.0 Å². The highest BCUT2D eigenvalue weighted by Gasteiger charge is 2.33. The Balaban J connectivity index is 1.57. The SMILES string of the molecule is CC(C)NC(=O)Nc1ccc(C(=O)N2CCCC(C3OCCO3)C2)cc1. The van der Waals surface area contributed by atoms with E-state index < -0.39 is 0 Å². The summed E-state index contributed by atoms with van der Waals surface area (Å²) < 4.78 is 11.2.